The number of rotatable bonds is 3. The normalized spacial score (nSPS) is 10.9. The molecule has 19 heavy (non-hydrogen) atoms. The van der Waals surface area contributed by atoms with Crippen molar-refractivity contribution in [3.63, 3.8) is 0 Å². The lowest BCUT2D eigenvalue weighted by atomic mass is 10.3. The van der Waals surface area contributed by atoms with Gasteiger partial charge in [-0.25, -0.2) is 4.57 Å². The Kier molecular flexibility index (Phi) is 3.90. The fourth-order valence-electron chi connectivity index (χ4n) is 1.70. The highest BCUT2D eigenvalue weighted by Crippen LogP contribution is 2.19. The van der Waals surface area contributed by atoms with E-state index in [4.69, 9.17) is 0 Å². The van der Waals surface area contributed by atoms with E-state index >= 15 is 0 Å². The molecule has 0 saturated heterocycles. The van der Waals surface area contributed by atoms with Crippen molar-refractivity contribution in [2.45, 2.75) is 6.92 Å². The molecule has 0 fully saturated rings. The molecule has 0 saturated carbocycles. The van der Waals surface area contributed by atoms with Gasteiger partial charge in [0.05, 0.1) is 12.2 Å². The Morgan fingerprint density at radius 2 is 1.63 bits per heavy atom. The summed E-state index contributed by atoms with van der Waals surface area (Å²) < 4.78 is 2.01. The largest absolute Gasteiger partial charge is 0.378 e. The maximum absolute atomic E-state index is 4.29. The molecule has 0 unspecified atom stereocenters. The average molecular weight is 255 g/mol. The quantitative estimate of drug-likeness (QED) is 0.611. The van der Waals surface area contributed by atoms with Crippen LogP contribution in [0.2, 0.25) is 0 Å². The van der Waals surface area contributed by atoms with Crippen molar-refractivity contribution in [1.29, 1.82) is 0 Å². The van der Waals surface area contributed by atoms with E-state index in [9.17, 15) is 0 Å². The standard InChI is InChI=1S/C15H19N4/c1-12-6-5-7-15(19(12)4)17-16-13-8-10-14(11-9-13)18(2)3/h5-11H,1-4H3/q+1. The maximum Gasteiger partial charge on any atom is 0.350 e. The van der Waals surface area contributed by atoms with Gasteiger partial charge < -0.3 is 4.90 Å². The Morgan fingerprint density at radius 1 is 0.947 bits per heavy atom. The van der Waals surface area contributed by atoms with E-state index in [1.54, 1.807) is 0 Å². The van der Waals surface area contributed by atoms with Crippen LogP contribution in [0.3, 0.4) is 0 Å². The SMILES string of the molecule is Cc1cccc(N=Nc2ccc(N(C)C)cc2)[n+]1C. The number of anilines is 1. The molecular weight excluding hydrogens is 236 g/mol. The fourth-order valence-corrected chi connectivity index (χ4v) is 1.70. The topological polar surface area (TPSA) is 31.8 Å². The van der Waals surface area contributed by atoms with Crippen LogP contribution in [0.4, 0.5) is 17.2 Å². The number of aromatic nitrogens is 1. The predicted octanol–water partition coefficient (Wildman–Crippen LogP) is 3.30. The van der Waals surface area contributed by atoms with Gasteiger partial charge in [-0.05, 0) is 42.4 Å². The molecular formula is C15H19N4+. The van der Waals surface area contributed by atoms with Gasteiger partial charge in [-0.3, -0.25) is 0 Å². The first-order chi connectivity index (χ1) is 9.08. The Balaban J connectivity index is 2.20. The molecule has 4 heteroatoms. The zero-order valence-electron chi connectivity index (χ0n) is 11.8. The zero-order chi connectivity index (χ0) is 13.8. The second-order valence-corrected chi connectivity index (χ2v) is 4.70. The highest BCUT2D eigenvalue weighted by Gasteiger charge is 2.07. The molecule has 0 bridgehead atoms. The number of pyridine rings is 1. The van der Waals surface area contributed by atoms with Crippen molar-refractivity contribution >= 4 is 17.2 Å². The second kappa shape index (κ2) is 5.61. The number of benzene rings is 1. The molecule has 0 aliphatic rings. The third-order valence-corrected chi connectivity index (χ3v) is 3.09. The van der Waals surface area contributed by atoms with Crippen LogP contribution in [0.25, 0.3) is 0 Å². The maximum atomic E-state index is 4.29. The molecule has 4 nitrogen and oxygen atoms in total. The third-order valence-electron chi connectivity index (χ3n) is 3.09. The highest BCUT2D eigenvalue weighted by atomic mass is 15.2. The number of hydrogen-bond acceptors (Lipinski definition) is 3. The van der Waals surface area contributed by atoms with Crippen molar-refractivity contribution in [3.8, 4) is 0 Å². The first-order valence-electron chi connectivity index (χ1n) is 6.23. The van der Waals surface area contributed by atoms with Crippen LogP contribution in [0.5, 0.6) is 0 Å². The van der Waals surface area contributed by atoms with Crippen LogP contribution in [0.1, 0.15) is 5.69 Å². The van der Waals surface area contributed by atoms with Gasteiger partial charge in [-0.1, -0.05) is 6.07 Å². The number of azo groups is 1. The summed E-state index contributed by atoms with van der Waals surface area (Å²) in [6, 6.07) is 14.0. The molecule has 0 spiro atoms. The van der Waals surface area contributed by atoms with E-state index in [1.807, 2.05) is 75.1 Å². The van der Waals surface area contributed by atoms with Crippen molar-refractivity contribution in [3.05, 3.63) is 48.2 Å². The van der Waals surface area contributed by atoms with E-state index in [-0.39, 0.29) is 0 Å². The summed E-state index contributed by atoms with van der Waals surface area (Å²) in [6.45, 7) is 2.05. The van der Waals surface area contributed by atoms with Crippen LogP contribution in [-0.2, 0) is 7.05 Å². The van der Waals surface area contributed by atoms with E-state index in [0.717, 1.165) is 22.9 Å². The van der Waals surface area contributed by atoms with E-state index in [0.29, 0.717) is 0 Å². The van der Waals surface area contributed by atoms with Gasteiger partial charge in [0, 0.05) is 25.8 Å². The lowest BCUT2D eigenvalue weighted by Crippen LogP contribution is -2.31. The van der Waals surface area contributed by atoms with Gasteiger partial charge in [0.1, 0.15) is 11.4 Å². The summed E-state index contributed by atoms with van der Waals surface area (Å²) in [5.41, 5.74) is 3.16. The molecule has 0 aliphatic carbocycles. The Labute approximate surface area is 114 Å². The molecule has 2 aromatic rings. The molecule has 1 heterocycles. The van der Waals surface area contributed by atoms with Crippen molar-refractivity contribution < 1.29 is 4.57 Å². The number of aryl methyl sites for hydroxylation is 1. The van der Waals surface area contributed by atoms with E-state index in [1.165, 1.54) is 0 Å². The highest BCUT2D eigenvalue weighted by molar-refractivity contribution is 5.51. The molecule has 2 rings (SSSR count). The Hall–Kier alpha value is -2.23. The average Bonchev–Trinajstić information content (AvgIpc) is 2.41. The summed E-state index contributed by atoms with van der Waals surface area (Å²) in [6.07, 6.45) is 0. The monoisotopic (exact) mass is 255 g/mol. The molecule has 0 N–H and O–H groups in total. The van der Waals surface area contributed by atoms with Crippen LogP contribution in [-0.4, -0.2) is 14.1 Å². The minimum absolute atomic E-state index is 0.844. The Bertz CT molecular complexity index is 586. The fraction of sp³-hybridized carbons (Fsp3) is 0.267. The van der Waals surface area contributed by atoms with E-state index < -0.39 is 0 Å². The van der Waals surface area contributed by atoms with Crippen LogP contribution >= 0.6 is 0 Å². The molecule has 0 radical (unpaired) electrons. The first-order valence-corrected chi connectivity index (χ1v) is 6.23. The number of hydrogen-bond donors (Lipinski definition) is 0. The van der Waals surface area contributed by atoms with Crippen molar-refractivity contribution in [1.82, 2.24) is 0 Å². The summed E-state index contributed by atoms with van der Waals surface area (Å²) >= 11 is 0. The van der Waals surface area contributed by atoms with Gasteiger partial charge in [-0.15, -0.1) is 0 Å². The summed E-state index contributed by atoms with van der Waals surface area (Å²) in [5, 5.41) is 8.55. The van der Waals surface area contributed by atoms with Crippen LogP contribution in [0.15, 0.2) is 52.7 Å². The molecule has 0 atom stereocenters. The van der Waals surface area contributed by atoms with Crippen LogP contribution < -0.4 is 9.47 Å². The number of nitrogens with zero attached hydrogens (tertiary/aromatic N) is 4. The summed E-state index contributed by atoms with van der Waals surface area (Å²) in [4.78, 5) is 2.06. The van der Waals surface area contributed by atoms with Gasteiger partial charge in [0.25, 0.3) is 0 Å². The zero-order valence-corrected chi connectivity index (χ0v) is 11.8. The minimum Gasteiger partial charge on any atom is -0.378 e. The third kappa shape index (κ3) is 3.16. The van der Waals surface area contributed by atoms with Gasteiger partial charge in [-0.2, -0.15) is 0 Å². The predicted molar refractivity (Wildman–Crippen MR) is 77.3 cm³/mol. The smallest absolute Gasteiger partial charge is 0.350 e. The van der Waals surface area contributed by atoms with Gasteiger partial charge >= 0.3 is 5.82 Å². The van der Waals surface area contributed by atoms with Crippen molar-refractivity contribution in [2.75, 3.05) is 19.0 Å². The Morgan fingerprint density at radius 3 is 2.26 bits per heavy atom. The lowest BCUT2D eigenvalue weighted by Gasteiger charge is -2.11. The lowest BCUT2D eigenvalue weighted by molar-refractivity contribution is -0.664. The van der Waals surface area contributed by atoms with Gasteiger partial charge in [0.15, 0.2) is 0 Å². The van der Waals surface area contributed by atoms with Crippen LogP contribution in [0, 0.1) is 6.92 Å². The molecule has 1 aromatic carbocycles. The van der Waals surface area contributed by atoms with Gasteiger partial charge in [0.2, 0.25) is 0 Å². The summed E-state index contributed by atoms with van der Waals surface area (Å²) in [7, 11) is 6.02. The second-order valence-electron chi connectivity index (χ2n) is 4.70. The molecule has 1 aromatic heterocycles. The molecule has 98 valence electrons. The molecule has 0 amide bonds. The minimum atomic E-state index is 0.844. The van der Waals surface area contributed by atoms with E-state index in [2.05, 4.69) is 15.1 Å². The molecule has 0 aliphatic heterocycles. The summed E-state index contributed by atoms with van der Waals surface area (Å²) in [5.74, 6) is 0.844. The van der Waals surface area contributed by atoms with Crippen molar-refractivity contribution in [2.24, 2.45) is 17.3 Å². The first kappa shape index (κ1) is 13.2.